The Bertz CT molecular complexity index is 700. The monoisotopic (exact) mass is 272 g/mol. The Balaban J connectivity index is 2.28. The summed E-state index contributed by atoms with van der Waals surface area (Å²) >= 11 is 0. The Hall–Kier alpha value is -2.95. The van der Waals surface area contributed by atoms with Gasteiger partial charge in [-0.2, -0.15) is 10.4 Å². The lowest BCUT2D eigenvalue weighted by atomic mass is 10.2. The summed E-state index contributed by atoms with van der Waals surface area (Å²) < 4.78 is 1.71. The third kappa shape index (κ3) is 2.42. The van der Waals surface area contributed by atoms with E-state index in [0.717, 1.165) is 11.3 Å². The van der Waals surface area contributed by atoms with Gasteiger partial charge in [-0.05, 0) is 13.0 Å². The number of pyridine rings is 1. The van der Waals surface area contributed by atoms with Crippen molar-refractivity contribution in [2.45, 2.75) is 13.5 Å². The predicted molar refractivity (Wildman–Crippen MR) is 70.9 cm³/mol. The van der Waals surface area contributed by atoms with Gasteiger partial charge in [0.15, 0.2) is 0 Å². The van der Waals surface area contributed by atoms with Gasteiger partial charge in [0.25, 0.3) is 0 Å². The molecule has 0 spiro atoms. The molecule has 2 aromatic heterocycles. The molecule has 8 heteroatoms. The van der Waals surface area contributed by atoms with E-state index in [2.05, 4.69) is 15.4 Å². The number of aromatic nitrogens is 3. The second-order valence-electron chi connectivity index (χ2n) is 4.16. The van der Waals surface area contributed by atoms with Crippen LogP contribution in [0.2, 0.25) is 0 Å². The van der Waals surface area contributed by atoms with Gasteiger partial charge >= 0.3 is 5.69 Å². The maximum Gasteiger partial charge on any atom is 0.328 e. The summed E-state index contributed by atoms with van der Waals surface area (Å²) in [6, 6.07) is 3.11. The molecule has 1 N–H and O–H groups in total. The number of hydrogen-bond donors (Lipinski definition) is 1. The first kappa shape index (κ1) is 13.5. The SMILES string of the molecule is Cc1c(CNc2nccc(C#N)c2[N+](=O)[O-])cnn1C. The van der Waals surface area contributed by atoms with E-state index in [0.29, 0.717) is 6.54 Å². The summed E-state index contributed by atoms with van der Waals surface area (Å²) in [5.74, 6) is 0.0808. The van der Waals surface area contributed by atoms with Crippen molar-refractivity contribution in [3.8, 4) is 6.07 Å². The smallest absolute Gasteiger partial charge is 0.328 e. The predicted octanol–water partition coefficient (Wildman–Crippen LogP) is 1.52. The quantitative estimate of drug-likeness (QED) is 0.667. The van der Waals surface area contributed by atoms with Gasteiger partial charge in [-0.1, -0.05) is 0 Å². The highest BCUT2D eigenvalue weighted by Crippen LogP contribution is 2.26. The van der Waals surface area contributed by atoms with E-state index >= 15 is 0 Å². The zero-order chi connectivity index (χ0) is 14.7. The summed E-state index contributed by atoms with van der Waals surface area (Å²) in [7, 11) is 1.82. The lowest BCUT2D eigenvalue weighted by molar-refractivity contribution is -0.384. The first-order valence-corrected chi connectivity index (χ1v) is 5.79. The maximum absolute atomic E-state index is 11.0. The Morgan fingerprint density at radius 3 is 2.90 bits per heavy atom. The van der Waals surface area contributed by atoms with Crippen molar-refractivity contribution in [2.24, 2.45) is 7.05 Å². The first-order valence-electron chi connectivity index (χ1n) is 5.79. The molecule has 20 heavy (non-hydrogen) atoms. The van der Waals surface area contributed by atoms with Crippen LogP contribution >= 0.6 is 0 Å². The Labute approximate surface area is 114 Å². The van der Waals surface area contributed by atoms with Crippen LogP contribution in [0, 0.1) is 28.4 Å². The molecule has 0 aliphatic rings. The minimum Gasteiger partial charge on any atom is -0.360 e. The van der Waals surface area contributed by atoms with Crippen LogP contribution in [0.15, 0.2) is 18.5 Å². The van der Waals surface area contributed by atoms with Crippen LogP contribution in [0.3, 0.4) is 0 Å². The van der Waals surface area contributed by atoms with Crippen LogP contribution in [0.25, 0.3) is 0 Å². The van der Waals surface area contributed by atoms with Crippen LogP contribution in [-0.4, -0.2) is 19.7 Å². The molecular formula is C12H12N6O2. The average molecular weight is 272 g/mol. The Morgan fingerprint density at radius 2 is 2.35 bits per heavy atom. The molecule has 0 aliphatic carbocycles. The van der Waals surface area contributed by atoms with Crippen molar-refractivity contribution in [1.29, 1.82) is 5.26 Å². The van der Waals surface area contributed by atoms with Gasteiger partial charge in [-0.25, -0.2) is 4.98 Å². The van der Waals surface area contributed by atoms with Crippen molar-refractivity contribution < 1.29 is 4.92 Å². The molecule has 0 aromatic carbocycles. The van der Waals surface area contributed by atoms with Gasteiger partial charge in [0, 0.05) is 31.0 Å². The molecule has 2 heterocycles. The fraction of sp³-hybridized carbons (Fsp3) is 0.250. The third-order valence-corrected chi connectivity index (χ3v) is 3.01. The second-order valence-corrected chi connectivity index (χ2v) is 4.16. The molecule has 0 fully saturated rings. The van der Waals surface area contributed by atoms with Gasteiger partial charge in [0.2, 0.25) is 5.82 Å². The van der Waals surface area contributed by atoms with Crippen molar-refractivity contribution >= 4 is 11.5 Å². The molecule has 0 amide bonds. The molecule has 0 atom stereocenters. The van der Waals surface area contributed by atoms with E-state index in [9.17, 15) is 10.1 Å². The van der Waals surface area contributed by atoms with E-state index in [1.54, 1.807) is 16.9 Å². The maximum atomic E-state index is 11.0. The summed E-state index contributed by atoms with van der Waals surface area (Å²) in [6.45, 7) is 2.25. The van der Waals surface area contributed by atoms with Gasteiger partial charge in [0.05, 0.1) is 11.1 Å². The summed E-state index contributed by atoms with van der Waals surface area (Å²) in [6.07, 6.45) is 3.05. The number of rotatable bonds is 4. The highest BCUT2D eigenvalue weighted by molar-refractivity contribution is 5.64. The lowest BCUT2D eigenvalue weighted by Crippen LogP contribution is -2.06. The topological polar surface area (TPSA) is 110 Å². The van der Waals surface area contributed by atoms with Crippen LogP contribution in [0.5, 0.6) is 0 Å². The largest absolute Gasteiger partial charge is 0.360 e. The molecule has 8 nitrogen and oxygen atoms in total. The summed E-state index contributed by atoms with van der Waals surface area (Å²) in [5.41, 5.74) is 1.54. The van der Waals surface area contributed by atoms with Gasteiger partial charge < -0.3 is 5.32 Å². The lowest BCUT2D eigenvalue weighted by Gasteiger charge is -2.06. The van der Waals surface area contributed by atoms with Crippen molar-refractivity contribution in [3.63, 3.8) is 0 Å². The minimum atomic E-state index is -0.607. The normalized spacial score (nSPS) is 10.1. The average Bonchev–Trinajstić information content (AvgIpc) is 2.75. The van der Waals surface area contributed by atoms with Crippen LogP contribution in [0.4, 0.5) is 11.5 Å². The second kappa shape index (κ2) is 5.36. The van der Waals surface area contributed by atoms with Crippen molar-refractivity contribution in [1.82, 2.24) is 14.8 Å². The van der Waals surface area contributed by atoms with Gasteiger partial charge in [0.1, 0.15) is 11.6 Å². The highest BCUT2D eigenvalue weighted by Gasteiger charge is 2.21. The molecule has 0 bridgehead atoms. The number of nitriles is 1. The number of nitrogens with one attached hydrogen (secondary N) is 1. The fourth-order valence-electron chi connectivity index (χ4n) is 1.76. The standard InChI is InChI=1S/C12H12N6O2/c1-8-10(7-16-17(8)2)6-15-12-11(18(19)20)9(5-13)3-4-14-12/h3-4,7H,6H2,1-2H3,(H,14,15). The molecule has 0 unspecified atom stereocenters. The van der Waals surface area contributed by atoms with Gasteiger partial charge in [-0.15, -0.1) is 0 Å². The van der Waals surface area contributed by atoms with Crippen molar-refractivity contribution in [3.05, 3.63) is 45.4 Å². The number of anilines is 1. The number of nitro groups is 1. The molecule has 0 saturated heterocycles. The van der Waals surface area contributed by atoms with Gasteiger partial charge in [-0.3, -0.25) is 14.8 Å². The number of nitrogens with zero attached hydrogens (tertiary/aromatic N) is 5. The van der Waals surface area contributed by atoms with E-state index in [1.807, 2.05) is 14.0 Å². The van der Waals surface area contributed by atoms with Crippen molar-refractivity contribution in [2.75, 3.05) is 5.32 Å². The third-order valence-electron chi connectivity index (χ3n) is 3.01. The summed E-state index contributed by atoms with van der Waals surface area (Å²) in [5, 5.41) is 26.9. The Kier molecular flexibility index (Phi) is 3.61. The molecule has 2 rings (SSSR count). The van der Waals surface area contributed by atoms with Crippen LogP contribution in [-0.2, 0) is 13.6 Å². The highest BCUT2D eigenvalue weighted by atomic mass is 16.6. The van der Waals surface area contributed by atoms with E-state index in [4.69, 9.17) is 5.26 Å². The summed E-state index contributed by atoms with van der Waals surface area (Å²) in [4.78, 5) is 14.4. The zero-order valence-corrected chi connectivity index (χ0v) is 11.0. The molecule has 0 saturated carbocycles. The molecular weight excluding hydrogens is 260 g/mol. The molecule has 0 aliphatic heterocycles. The number of hydrogen-bond acceptors (Lipinski definition) is 6. The molecule has 2 aromatic rings. The van der Waals surface area contributed by atoms with E-state index in [1.165, 1.54) is 12.3 Å². The first-order chi connectivity index (χ1) is 9.54. The number of aryl methyl sites for hydroxylation is 1. The van der Waals surface area contributed by atoms with Crippen LogP contribution < -0.4 is 5.32 Å². The Morgan fingerprint density at radius 1 is 1.60 bits per heavy atom. The zero-order valence-electron chi connectivity index (χ0n) is 11.0. The molecule has 0 radical (unpaired) electrons. The van der Waals surface area contributed by atoms with E-state index < -0.39 is 4.92 Å². The van der Waals surface area contributed by atoms with Crippen LogP contribution in [0.1, 0.15) is 16.8 Å². The minimum absolute atomic E-state index is 0.0181. The van der Waals surface area contributed by atoms with E-state index in [-0.39, 0.29) is 17.1 Å². The fourth-order valence-corrected chi connectivity index (χ4v) is 1.76. The molecule has 102 valence electrons.